The Morgan fingerprint density at radius 1 is 1.28 bits per heavy atom. The molecule has 1 N–H and O–H groups in total. The van der Waals surface area contributed by atoms with Crippen LogP contribution >= 0.6 is 0 Å². The van der Waals surface area contributed by atoms with E-state index in [1.54, 1.807) is 13.0 Å². The number of anilines is 2. The van der Waals surface area contributed by atoms with Crippen molar-refractivity contribution in [2.24, 2.45) is 0 Å². The predicted octanol–water partition coefficient (Wildman–Crippen LogP) is 3.28. The average Bonchev–Trinajstić information content (AvgIpc) is 2.34. The van der Waals surface area contributed by atoms with Crippen LogP contribution in [0.5, 0.6) is 0 Å². The first-order valence-corrected chi connectivity index (χ1v) is 5.20. The lowest BCUT2D eigenvalue weighted by atomic mass is 10.2. The van der Waals surface area contributed by atoms with E-state index in [9.17, 15) is 8.78 Å². The fourth-order valence-electron chi connectivity index (χ4n) is 1.54. The summed E-state index contributed by atoms with van der Waals surface area (Å²) in [5.74, 6) is -1.61. The molecule has 0 saturated carbocycles. The minimum Gasteiger partial charge on any atom is -0.338 e. The Kier molecular flexibility index (Phi) is 3.20. The standard InChI is InChI=1S/C13H9F2N3/c1-8-5-9(7-16)6-12(17-8)18-11-4-2-3-10(14)13(11)15/h2-6H,1H3,(H,17,18). The molecule has 1 heterocycles. The van der Waals surface area contributed by atoms with Gasteiger partial charge in [-0.1, -0.05) is 6.07 Å². The van der Waals surface area contributed by atoms with Gasteiger partial charge in [-0.25, -0.2) is 13.8 Å². The van der Waals surface area contributed by atoms with Gasteiger partial charge in [0.2, 0.25) is 0 Å². The van der Waals surface area contributed by atoms with Crippen LogP contribution in [0.2, 0.25) is 0 Å². The van der Waals surface area contributed by atoms with Gasteiger partial charge in [-0.15, -0.1) is 0 Å². The van der Waals surface area contributed by atoms with Crippen LogP contribution in [-0.4, -0.2) is 4.98 Å². The zero-order valence-corrected chi connectivity index (χ0v) is 9.54. The summed E-state index contributed by atoms with van der Waals surface area (Å²) in [6, 6.07) is 8.87. The van der Waals surface area contributed by atoms with Gasteiger partial charge in [0.25, 0.3) is 0 Å². The molecule has 0 aliphatic carbocycles. The van der Waals surface area contributed by atoms with Crippen molar-refractivity contribution in [1.29, 1.82) is 5.26 Å². The molecule has 2 aromatic rings. The highest BCUT2D eigenvalue weighted by molar-refractivity contribution is 5.58. The van der Waals surface area contributed by atoms with E-state index in [1.807, 2.05) is 6.07 Å². The Hall–Kier alpha value is -2.48. The monoisotopic (exact) mass is 245 g/mol. The summed E-state index contributed by atoms with van der Waals surface area (Å²) in [4.78, 5) is 4.10. The second-order valence-corrected chi connectivity index (χ2v) is 3.72. The highest BCUT2D eigenvalue weighted by atomic mass is 19.2. The van der Waals surface area contributed by atoms with Gasteiger partial charge >= 0.3 is 0 Å². The SMILES string of the molecule is Cc1cc(C#N)cc(Nc2cccc(F)c2F)n1. The maximum Gasteiger partial charge on any atom is 0.182 e. The van der Waals surface area contributed by atoms with Crippen molar-refractivity contribution >= 4 is 11.5 Å². The molecular weight excluding hydrogens is 236 g/mol. The number of benzene rings is 1. The van der Waals surface area contributed by atoms with Crippen molar-refractivity contribution < 1.29 is 8.78 Å². The van der Waals surface area contributed by atoms with Gasteiger partial charge < -0.3 is 5.32 Å². The van der Waals surface area contributed by atoms with Crippen LogP contribution in [-0.2, 0) is 0 Å². The molecule has 0 aliphatic heterocycles. The Morgan fingerprint density at radius 2 is 2.06 bits per heavy atom. The number of nitrogens with zero attached hydrogens (tertiary/aromatic N) is 2. The number of halogens is 2. The van der Waals surface area contributed by atoms with E-state index in [-0.39, 0.29) is 5.69 Å². The van der Waals surface area contributed by atoms with Crippen LogP contribution in [0.25, 0.3) is 0 Å². The van der Waals surface area contributed by atoms with Crippen molar-refractivity contribution in [2.75, 3.05) is 5.32 Å². The number of hydrogen-bond acceptors (Lipinski definition) is 3. The molecule has 0 radical (unpaired) electrons. The smallest absolute Gasteiger partial charge is 0.182 e. The van der Waals surface area contributed by atoms with Crippen LogP contribution in [0.15, 0.2) is 30.3 Å². The Balaban J connectivity index is 2.37. The molecule has 1 aromatic carbocycles. The third kappa shape index (κ3) is 2.43. The summed E-state index contributed by atoms with van der Waals surface area (Å²) in [6.45, 7) is 1.72. The molecule has 90 valence electrons. The molecule has 0 amide bonds. The second-order valence-electron chi connectivity index (χ2n) is 3.72. The summed E-state index contributed by atoms with van der Waals surface area (Å²) in [7, 11) is 0. The molecule has 0 spiro atoms. The molecule has 2 rings (SSSR count). The van der Waals surface area contributed by atoms with Gasteiger partial charge in [-0.2, -0.15) is 5.26 Å². The number of nitriles is 1. The molecule has 0 unspecified atom stereocenters. The Labute approximate surface area is 103 Å². The van der Waals surface area contributed by atoms with Gasteiger partial charge in [0.1, 0.15) is 5.82 Å². The van der Waals surface area contributed by atoms with E-state index >= 15 is 0 Å². The second kappa shape index (κ2) is 4.80. The van der Waals surface area contributed by atoms with Crippen LogP contribution < -0.4 is 5.32 Å². The number of hydrogen-bond donors (Lipinski definition) is 1. The average molecular weight is 245 g/mol. The molecule has 0 bridgehead atoms. The van der Waals surface area contributed by atoms with Crippen molar-refractivity contribution in [3.05, 3.63) is 53.2 Å². The van der Waals surface area contributed by atoms with Gasteiger partial charge in [0, 0.05) is 5.69 Å². The largest absolute Gasteiger partial charge is 0.338 e. The first-order chi connectivity index (χ1) is 8.60. The zero-order chi connectivity index (χ0) is 13.1. The zero-order valence-electron chi connectivity index (χ0n) is 9.54. The fraction of sp³-hybridized carbons (Fsp3) is 0.0769. The van der Waals surface area contributed by atoms with Crippen LogP contribution in [0, 0.1) is 29.9 Å². The summed E-state index contributed by atoms with van der Waals surface area (Å²) >= 11 is 0. The topological polar surface area (TPSA) is 48.7 Å². The van der Waals surface area contributed by atoms with Gasteiger partial charge in [-0.05, 0) is 31.2 Å². The molecule has 18 heavy (non-hydrogen) atoms. The summed E-state index contributed by atoms with van der Waals surface area (Å²) in [6.07, 6.45) is 0. The number of aryl methyl sites for hydroxylation is 1. The molecule has 1 aromatic heterocycles. The molecular formula is C13H9F2N3. The van der Waals surface area contributed by atoms with Crippen molar-refractivity contribution in [3.8, 4) is 6.07 Å². The fourth-order valence-corrected chi connectivity index (χ4v) is 1.54. The van der Waals surface area contributed by atoms with Crippen molar-refractivity contribution in [1.82, 2.24) is 4.98 Å². The molecule has 0 saturated heterocycles. The van der Waals surface area contributed by atoms with E-state index in [0.717, 1.165) is 6.07 Å². The highest BCUT2D eigenvalue weighted by Crippen LogP contribution is 2.21. The molecule has 0 aliphatic rings. The third-order valence-electron chi connectivity index (χ3n) is 2.30. The first kappa shape index (κ1) is 12.0. The maximum absolute atomic E-state index is 13.4. The predicted molar refractivity (Wildman–Crippen MR) is 63.3 cm³/mol. The minimum absolute atomic E-state index is 0.0167. The summed E-state index contributed by atoms with van der Waals surface area (Å²) < 4.78 is 26.5. The van der Waals surface area contributed by atoms with Gasteiger partial charge in [0.05, 0.1) is 17.3 Å². The van der Waals surface area contributed by atoms with Crippen LogP contribution in [0.3, 0.4) is 0 Å². The highest BCUT2D eigenvalue weighted by Gasteiger charge is 2.08. The Bertz CT molecular complexity index is 633. The van der Waals surface area contributed by atoms with E-state index in [2.05, 4.69) is 10.3 Å². The summed E-state index contributed by atoms with van der Waals surface area (Å²) in [5, 5.41) is 11.5. The number of pyridine rings is 1. The molecule has 3 nitrogen and oxygen atoms in total. The molecule has 5 heteroatoms. The normalized spacial score (nSPS) is 9.89. The Morgan fingerprint density at radius 3 is 2.78 bits per heavy atom. The lowest BCUT2D eigenvalue weighted by molar-refractivity contribution is 0.511. The number of rotatable bonds is 2. The van der Waals surface area contributed by atoms with Gasteiger partial charge in [0.15, 0.2) is 11.6 Å². The van der Waals surface area contributed by atoms with Gasteiger partial charge in [-0.3, -0.25) is 0 Å². The van der Waals surface area contributed by atoms with Crippen LogP contribution in [0.1, 0.15) is 11.3 Å². The quantitative estimate of drug-likeness (QED) is 0.883. The van der Waals surface area contributed by atoms with E-state index in [0.29, 0.717) is 17.1 Å². The first-order valence-electron chi connectivity index (χ1n) is 5.20. The van der Waals surface area contributed by atoms with E-state index < -0.39 is 11.6 Å². The van der Waals surface area contributed by atoms with E-state index in [4.69, 9.17) is 5.26 Å². The third-order valence-corrected chi connectivity index (χ3v) is 2.30. The van der Waals surface area contributed by atoms with E-state index in [1.165, 1.54) is 18.2 Å². The molecule has 0 fully saturated rings. The van der Waals surface area contributed by atoms with Crippen molar-refractivity contribution in [2.45, 2.75) is 6.92 Å². The van der Waals surface area contributed by atoms with Crippen molar-refractivity contribution in [3.63, 3.8) is 0 Å². The maximum atomic E-state index is 13.4. The lowest BCUT2D eigenvalue weighted by Gasteiger charge is -2.08. The lowest BCUT2D eigenvalue weighted by Crippen LogP contribution is -1.99. The number of nitrogens with one attached hydrogen (secondary N) is 1. The summed E-state index contributed by atoms with van der Waals surface area (Å²) in [5.41, 5.74) is 1.01. The minimum atomic E-state index is -0.973. The van der Waals surface area contributed by atoms with Crippen LogP contribution in [0.4, 0.5) is 20.3 Å². The molecule has 0 atom stereocenters. The number of aromatic nitrogens is 1.